The smallest absolute Gasteiger partial charge is 0.224 e. The normalized spacial score (nSPS) is 15.2. The van der Waals surface area contributed by atoms with Gasteiger partial charge in [0.05, 0.1) is 5.69 Å². The zero-order chi connectivity index (χ0) is 16.7. The van der Waals surface area contributed by atoms with Crippen LogP contribution in [0, 0.1) is 11.7 Å². The van der Waals surface area contributed by atoms with Crippen LogP contribution in [0.4, 0.5) is 15.8 Å². The van der Waals surface area contributed by atoms with E-state index >= 15 is 0 Å². The second-order valence-corrected chi connectivity index (χ2v) is 6.32. The highest BCUT2D eigenvalue weighted by Gasteiger charge is 2.14. The fourth-order valence-corrected chi connectivity index (χ4v) is 3.14. The molecule has 0 aliphatic heterocycles. The van der Waals surface area contributed by atoms with Crippen molar-refractivity contribution in [2.24, 2.45) is 5.92 Å². The molecule has 0 radical (unpaired) electrons. The molecule has 23 heavy (non-hydrogen) atoms. The number of hydrogen-bond acceptors (Lipinski definition) is 2. The summed E-state index contributed by atoms with van der Waals surface area (Å²) in [5.41, 5.74) is 0.579. The lowest BCUT2D eigenvalue weighted by Crippen LogP contribution is -2.14. The van der Waals surface area contributed by atoms with Crippen LogP contribution in [0.25, 0.3) is 0 Å². The Labute approximate surface area is 136 Å². The summed E-state index contributed by atoms with van der Waals surface area (Å²) in [5.74, 6) is -0.162. The van der Waals surface area contributed by atoms with Crippen LogP contribution >= 0.6 is 0 Å². The van der Waals surface area contributed by atoms with E-state index in [2.05, 4.69) is 10.6 Å². The lowest BCUT2D eigenvalue weighted by atomic mass is 9.86. The Morgan fingerprint density at radius 2 is 1.91 bits per heavy atom. The van der Waals surface area contributed by atoms with Crippen LogP contribution in [-0.2, 0) is 9.59 Å². The number of nitrogens with one attached hydrogen (secondary N) is 2. The van der Waals surface area contributed by atoms with Gasteiger partial charge in [-0.1, -0.05) is 32.1 Å². The van der Waals surface area contributed by atoms with E-state index in [0.29, 0.717) is 12.1 Å². The van der Waals surface area contributed by atoms with E-state index in [0.717, 1.165) is 18.8 Å². The topological polar surface area (TPSA) is 58.2 Å². The number of halogens is 1. The summed E-state index contributed by atoms with van der Waals surface area (Å²) in [7, 11) is 0. The van der Waals surface area contributed by atoms with Gasteiger partial charge in [-0.05, 0) is 37.0 Å². The fourth-order valence-electron chi connectivity index (χ4n) is 3.14. The molecule has 0 spiro atoms. The molecule has 1 aliphatic rings. The second kappa shape index (κ2) is 8.65. The molecule has 0 unspecified atom stereocenters. The third-order valence-corrected chi connectivity index (χ3v) is 4.30. The second-order valence-electron chi connectivity index (χ2n) is 6.32. The Morgan fingerprint density at radius 3 is 2.61 bits per heavy atom. The highest BCUT2D eigenvalue weighted by molar-refractivity contribution is 5.93. The van der Waals surface area contributed by atoms with E-state index in [1.807, 2.05) is 0 Å². The zero-order valence-corrected chi connectivity index (χ0v) is 13.7. The predicted molar refractivity (Wildman–Crippen MR) is 89.8 cm³/mol. The Bertz CT molecular complexity index is 554. The highest BCUT2D eigenvalue weighted by Crippen LogP contribution is 2.27. The summed E-state index contributed by atoms with van der Waals surface area (Å²) in [5, 5.41) is 5.17. The molecule has 0 bridgehead atoms. The average Bonchev–Trinajstić information content (AvgIpc) is 2.51. The Balaban J connectivity index is 1.79. The van der Waals surface area contributed by atoms with Gasteiger partial charge in [-0.15, -0.1) is 0 Å². The number of amides is 2. The van der Waals surface area contributed by atoms with E-state index < -0.39 is 5.82 Å². The van der Waals surface area contributed by atoms with Crippen LogP contribution in [0.5, 0.6) is 0 Å². The van der Waals surface area contributed by atoms with Crippen LogP contribution in [0.15, 0.2) is 18.2 Å². The minimum absolute atomic E-state index is 0.0683. The van der Waals surface area contributed by atoms with Crippen LogP contribution in [0.2, 0.25) is 0 Å². The van der Waals surface area contributed by atoms with Crippen LogP contribution in [-0.4, -0.2) is 11.8 Å². The molecule has 2 N–H and O–H groups in total. The molecule has 0 saturated heterocycles. The molecular weight excluding hydrogens is 295 g/mol. The molecule has 0 atom stereocenters. The molecule has 5 heteroatoms. The first kappa shape index (κ1) is 17.4. The number of carbonyl (C=O) groups excluding carboxylic acids is 2. The first-order valence-corrected chi connectivity index (χ1v) is 8.41. The lowest BCUT2D eigenvalue weighted by Gasteiger charge is -2.21. The quantitative estimate of drug-likeness (QED) is 0.812. The maximum absolute atomic E-state index is 13.5. The fraction of sp³-hybridized carbons (Fsp3) is 0.556. The Kier molecular flexibility index (Phi) is 6.56. The average molecular weight is 320 g/mol. The molecule has 0 aromatic heterocycles. The highest BCUT2D eigenvalue weighted by atomic mass is 19.1. The third-order valence-electron chi connectivity index (χ3n) is 4.30. The van der Waals surface area contributed by atoms with Gasteiger partial charge in [0.1, 0.15) is 5.82 Å². The van der Waals surface area contributed by atoms with Crippen molar-refractivity contribution in [1.29, 1.82) is 0 Å². The van der Waals surface area contributed by atoms with Crippen molar-refractivity contribution in [3.63, 3.8) is 0 Å². The van der Waals surface area contributed by atoms with E-state index in [9.17, 15) is 14.0 Å². The van der Waals surface area contributed by atoms with Gasteiger partial charge in [-0.25, -0.2) is 4.39 Å². The molecule has 1 fully saturated rings. The predicted octanol–water partition coefficient (Wildman–Crippen LogP) is 4.47. The summed E-state index contributed by atoms with van der Waals surface area (Å²) in [6.45, 7) is 1.32. The molecule has 1 aromatic carbocycles. The van der Waals surface area contributed by atoms with Gasteiger partial charge in [0.15, 0.2) is 0 Å². The van der Waals surface area contributed by atoms with Gasteiger partial charge in [0.2, 0.25) is 11.8 Å². The Morgan fingerprint density at radius 1 is 1.17 bits per heavy atom. The van der Waals surface area contributed by atoms with Crippen molar-refractivity contribution in [3.05, 3.63) is 24.0 Å². The van der Waals surface area contributed by atoms with Crippen molar-refractivity contribution in [2.45, 2.75) is 58.3 Å². The van der Waals surface area contributed by atoms with E-state index in [4.69, 9.17) is 0 Å². The maximum Gasteiger partial charge on any atom is 0.224 e. The van der Waals surface area contributed by atoms with Crippen molar-refractivity contribution >= 4 is 23.2 Å². The molecule has 1 aliphatic carbocycles. The van der Waals surface area contributed by atoms with Crippen LogP contribution in [0.1, 0.15) is 58.3 Å². The first-order valence-electron chi connectivity index (χ1n) is 8.41. The standard InChI is InChI=1S/C18H25FN2O2/c1-13(22)20-17-12-15(10-11-16(17)19)21-18(23)9-5-8-14-6-3-2-4-7-14/h10-12,14H,2-9H2,1H3,(H,20,22)(H,21,23). The molecule has 0 heterocycles. The SMILES string of the molecule is CC(=O)Nc1cc(NC(=O)CCCC2CCCCC2)ccc1F. The van der Waals surface area contributed by atoms with Crippen molar-refractivity contribution < 1.29 is 14.0 Å². The number of rotatable bonds is 6. The van der Waals surface area contributed by atoms with E-state index in [1.54, 1.807) is 0 Å². The summed E-state index contributed by atoms with van der Waals surface area (Å²) in [6, 6.07) is 4.18. The summed E-state index contributed by atoms with van der Waals surface area (Å²) in [4.78, 5) is 23.0. The Hall–Kier alpha value is -1.91. The van der Waals surface area contributed by atoms with E-state index in [-0.39, 0.29) is 17.5 Å². The van der Waals surface area contributed by atoms with Gasteiger partial charge < -0.3 is 10.6 Å². The molecule has 1 saturated carbocycles. The van der Waals surface area contributed by atoms with Gasteiger partial charge in [-0.2, -0.15) is 0 Å². The molecule has 2 amide bonds. The number of hydrogen-bond donors (Lipinski definition) is 2. The molecule has 4 nitrogen and oxygen atoms in total. The van der Waals surface area contributed by atoms with Crippen LogP contribution < -0.4 is 10.6 Å². The summed E-state index contributed by atoms with van der Waals surface area (Å²) >= 11 is 0. The first-order chi connectivity index (χ1) is 11.0. The van der Waals surface area contributed by atoms with Crippen molar-refractivity contribution in [2.75, 3.05) is 10.6 Å². The maximum atomic E-state index is 13.5. The largest absolute Gasteiger partial charge is 0.326 e. The van der Waals surface area contributed by atoms with Crippen molar-refractivity contribution in [1.82, 2.24) is 0 Å². The molecule has 126 valence electrons. The minimum Gasteiger partial charge on any atom is -0.326 e. The zero-order valence-electron chi connectivity index (χ0n) is 13.7. The van der Waals surface area contributed by atoms with Gasteiger partial charge in [0, 0.05) is 19.0 Å². The minimum atomic E-state index is -0.518. The molecular formula is C18H25FN2O2. The van der Waals surface area contributed by atoms with Gasteiger partial charge in [0.25, 0.3) is 0 Å². The number of benzene rings is 1. The molecule has 2 rings (SSSR count). The monoisotopic (exact) mass is 320 g/mol. The van der Waals surface area contributed by atoms with Gasteiger partial charge >= 0.3 is 0 Å². The summed E-state index contributed by atoms with van der Waals surface area (Å²) in [6.07, 6.45) is 9.03. The third kappa shape index (κ3) is 6.00. The van der Waals surface area contributed by atoms with E-state index in [1.165, 1.54) is 57.2 Å². The number of carbonyl (C=O) groups is 2. The lowest BCUT2D eigenvalue weighted by molar-refractivity contribution is -0.116. The van der Waals surface area contributed by atoms with Gasteiger partial charge in [-0.3, -0.25) is 9.59 Å². The molecule has 1 aromatic rings. The summed E-state index contributed by atoms with van der Waals surface area (Å²) < 4.78 is 13.5. The van der Waals surface area contributed by atoms with Crippen LogP contribution in [0.3, 0.4) is 0 Å². The van der Waals surface area contributed by atoms with Crippen molar-refractivity contribution in [3.8, 4) is 0 Å². The number of anilines is 2.